The number of nitrogens with zero attached hydrogens (tertiary/aromatic N) is 2. The summed E-state index contributed by atoms with van der Waals surface area (Å²) in [6.45, 7) is 6.25. The molecule has 3 atom stereocenters. The third-order valence-electron chi connectivity index (χ3n) is 6.88. The van der Waals surface area contributed by atoms with E-state index < -0.39 is 0 Å². The minimum absolute atomic E-state index is 0.0950. The van der Waals surface area contributed by atoms with Gasteiger partial charge in [0.05, 0.1) is 11.3 Å². The summed E-state index contributed by atoms with van der Waals surface area (Å²) in [7, 11) is 1.90. The minimum Gasteiger partial charge on any atom is -0.388 e. The van der Waals surface area contributed by atoms with Crippen LogP contribution < -0.4 is 16.0 Å². The summed E-state index contributed by atoms with van der Waals surface area (Å²) >= 11 is 1.55. The normalized spacial score (nSPS) is 26.9. The van der Waals surface area contributed by atoms with Gasteiger partial charge in [0.15, 0.2) is 5.13 Å². The smallest absolute Gasteiger partial charge is 0.207 e. The summed E-state index contributed by atoms with van der Waals surface area (Å²) in [4.78, 5) is 25.1. The van der Waals surface area contributed by atoms with Gasteiger partial charge in [0.1, 0.15) is 4.88 Å². The maximum absolute atomic E-state index is 13.5. The second kappa shape index (κ2) is 5.15. The van der Waals surface area contributed by atoms with Gasteiger partial charge in [-0.1, -0.05) is 17.4 Å². The Labute approximate surface area is 167 Å². The lowest BCUT2D eigenvalue weighted by atomic mass is 9.77. The predicted octanol–water partition coefficient (Wildman–Crippen LogP) is 2.93. The van der Waals surface area contributed by atoms with Gasteiger partial charge >= 0.3 is 0 Å². The van der Waals surface area contributed by atoms with Crippen molar-refractivity contribution in [1.82, 2.24) is 9.97 Å². The summed E-state index contributed by atoms with van der Waals surface area (Å²) in [5.74, 6) is 1.29. The number of hydrogen-bond acceptors (Lipinski definition) is 6. The Kier molecular flexibility index (Phi) is 3.05. The average Bonchev–Trinajstić information content (AvgIpc) is 3.19. The summed E-state index contributed by atoms with van der Waals surface area (Å²) in [5, 5.41) is 5.12. The van der Waals surface area contributed by atoms with Crippen molar-refractivity contribution in [2.24, 2.45) is 17.6 Å². The quantitative estimate of drug-likeness (QED) is 0.623. The molecular weight excluding hydrogens is 370 g/mol. The topological polar surface area (TPSA) is 87.0 Å². The van der Waals surface area contributed by atoms with E-state index in [1.807, 2.05) is 19.2 Å². The Morgan fingerprint density at radius 2 is 2.07 bits per heavy atom. The molecule has 0 amide bonds. The van der Waals surface area contributed by atoms with Crippen molar-refractivity contribution in [3.05, 3.63) is 40.0 Å². The number of nitrogens with one attached hydrogen (secondary N) is 2. The Balaban J connectivity index is 1.47. The molecule has 2 fully saturated rings. The number of carbonyl (C=O) groups excluding carboxylic acids is 1. The molecule has 1 aromatic carbocycles. The van der Waals surface area contributed by atoms with Gasteiger partial charge < -0.3 is 20.9 Å². The highest BCUT2D eigenvalue weighted by atomic mass is 32.1. The van der Waals surface area contributed by atoms with E-state index in [9.17, 15) is 4.79 Å². The van der Waals surface area contributed by atoms with Crippen LogP contribution in [0.2, 0.25) is 0 Å². The molecule has 3 aromatic rings. The van der Waals surface area contributed by atoms with Crippen LogP contribution in [0.1, 0.15) is 40.5 Å². The van der Waals surface area contributed by atoms with E-state index in [0.29, 0.717) is 17.9 Å². The van der Waals surface area contributed by atoms with Crippen LogP contribution in [-0.2, 0) is 5.41 Å². The van der Waals surface area contributed by atoms with E-state index in [1.165, 1.54) is 0 Å². The van der Waals surface area contributed by atoms with Gasteiger partial charge in [0.25, 0.3) is 0 Å². The van der Waals surface area contributed by atoms with Crippen LogP contribution in [0.3, 0.4) is 0 Å². The molecule has 3 aliphatic rings. The number of hydrogen-bond donors (Lipinski definition) is 3. The lowest BCUT2D eigenvalue weighted by Gasteiger charge is -2.28. The van der Waals surface area contributed by atoms with E-state index in [4.69, 9.17) is 10.7 Å². The Morgan fingerprint density at radius 3 is 2.79 bits per heavy atom. The van der Waals surface area contributed by atoms with Crippen LogP contribution in [0.5, 0.6) is 0 Å². The third kappa shape index (κ3) is 1.96. The van der Waals surface area contributed by atoms with Crippen molar-refractivity contribution in [3.63, 3.8) is 0 Å². The number of benzene rings is 1. The lowest BCUT2D eigenvalue weighted by molar-refractivity contribution is 0.103. The largest absolute Gasteiger partial charge is 0.388 e. The van der Waals surface area contributed by atoms with Crippen LogP contribution in [0.25, 0.3) is 10.9 Å². The zero-order valence-electron chi connectivity index (χ0n) is 16.2. The Bertz CT molecular complexity index is 1150. The molecule has 7 heteroatoms. The summed E-state index contributed by atoms with van der Waals surface area (Å²) in [5.41, 5.74) is 10.4. The molecule has 1 saturated heterocycles. The lowest BCUT2D eigenvalue weighted by Crippen LogP contribution is -2.30. The molecular formula is C21H23N5OS. The van der Waals surface area contributed by atoms with Crippen LogP contribution in [0.15, 0.2) is 18.2 Å². The summed E-state index contributed by atoms with van der Waals surface area (Å²) in [6, 6.07) is 6.47. The molecule has 6 rings (SSSR count). The first-order valence-corrected chi connectivity index (χ1v) is 10.6. The highest BCUT2D eigenvalue weighted by molar-refractivity contribution is 7.18. The molecule has 3 heterocycles. The number of aromatic amines is 1. The first-order valence-electron chi connectivity index (χ1n) is 9.80. The van der Waals surface area contributed by atoms with E-state index in [0.717, 1.165) is 56.6 Å². The van der Waals surface area contributed by atoms with Gasteiger partial charge in [0, 0.05) is 53.9 Å². The molecule has 1 unspecified atom stereocenters. The number of H-pyrrole nitrogens is 1. The van der Waals surface area contributed by atoms with Crippen LogP contribution in [0.4, 0.5) is 10.8 Å². The molecule has 4 N–H and O–H groups in total. The average molecular weight is 394 g/mol. The fourth-order valence-corrected chi connectivity index (χ4v) is 6.23. The van der Waals surface area contributed by atoms with Crippen LogP contribution in [-0.4, -0.2) is 41.9 Å². The highest BCUT2D eigenvalue weighted by Gasteiger charge is 2.54. The van der Waals surface area contributed by atoms with Gasteiger partial charge in [-0.05, 0) is 37.8 Å². The zero-order valence-corrected chi connectivity index (χ0v) is 17.0. The second-order valence-corrected chi connectivity index (χ2v) is 9.80. The third-order valence-corrected chi connectivity index (χ3v) is 8.00. The molecule has 28 heavy (non-hydrogen) atoms. The molecule has 2 aliphatic carbocycles. The number of fused-ring (bicyclic) bond motifs is 5. The number of ketones is 1. The summed E-state index contributed by atoms with van der Waals surface area (Å²) < 4.78 is 0. The molecule has 6 nitrogen and oxygen atoms in total. The number of nitrogens with two attached hydrogens (primary N) is 1. The number of piperidine rings is 1. The van der Waals surface area contributed by atoms with Crippen molar-refractivity contribution >= 4 is 38.8 Å². The molecule has 1 saturated carbocycles. The SMILES string of the molecule is CNc1ccc2c3c([nH]c2c1)C(C)(C)c1nc(N2C[C@@H]4C(N)[C@@H]4C2)sc1C3=O. The maximum Gasteiger partial charge on any atom is 0.207 e. The van der Waals surface area contributed by atoms with Crippen molar-refractivity contribution in [2.75, 3.05) is 30.4 Å². The highest BCUT2D eigenvalue weighted by Crippen LogP contribution is 2.50. The van der Waals surface area contributed by atoms with Crippen molar-refractivity contribution in [3.8, 4) is 0 Å². The van der Waals surface area contributed by atoms with Gasteiger partial charge in [-0.25, -0.2) is 4.98 Å². The fraction of sp³-hybridized carbons (Fsp3) is 0.429. The van der Waals surface area contributed by atoms with E-state index in [1.54, 1.807) is 11.3 Å². The number of thiazole rings is 1. The van der Waals surface area contributed by atoms with Crippen molar-refractivity contribution in [2.45, 2.75) is 25.3 Å². The molecule has 0 radical (unpaired) electrons. The molecule has 144 valence electrons. The number of anilines is 2. The first kappa shape index (κ1) is 16.6. The number of aromatic nitrogens is 2. The fourth-order valence-electron chi connectivity index (χ4n) is 5.04. The standard InChI is InChI=1S/C21H23N5OS/c1-21(2)18-14(10-5-4-9(23-3)6-13(10)24-18)16(27)17-19(21)25-20(28-17)26-7-11-12(8-26)15(11)22/h4-6,11-12,15,23-24H,7-8,22H2,1-3H3/t11-,12+,15?. The summed E-state index contributed by atoms with van der Waals surface area (Å²) in [6.07, 6.45) is 0. The minimum atomic E-state index is -0.342. The molecule has 1 aliphatic heterocycles. The van der Waals surface area contributed by atoms with Gasteiger partial charge in [-0.3, -0.25) is 4.79 Å². The number of rotatable bonds is 2. The Morgan fingerprint density at radius 1 is 1.32 bits per heavy atom. The van der Waals surface area contributed by atoms with Gasteiger partial charge in [-0.15, -0.1) is 0 Å². The van der Waals surface area contributed by atoms with Crippen LogP contribution in [0, 0.1) is 11.8 Å². The van der Waals surface area contributed by atoms with Gasteiger partial charge in [-0.2, -0.15) is 0 Å². The monoisotopic (exact) mass is 393 g/mol. The number of carbonyl (C=O) groups is 1. The van der Waals surface area contributed by atoms with E-state index in [2.05, 4.69) is 35.1 Å². The maximum atomic E-state index is 13.5. The van der Waals surface area contributed by atoms with Crippen molar-refractivity contribution < 1.29 is 4.79 Å². The Hall–Kier alpha value is -2.38. The molecule has 0 bridgehead atoms. The van der Waals surface area contributed by atoms with Gasteiger partial charge in [0.2, 0.25) is 5.78 Å². The van der Waals surface area contributed by atoms with E-state index >= 15 is 0 Å². The first-order chi connectivity index (χ1) is 13.4. The van der Waals surface area contributed by atoms with Crippen LogP contribution >= 0.6 is 11.3 Å². The van der Waals surface area contributed by atoms with E-state index in [-0.39, 0.29) is 11.2 Å². The van der Waals surface area contributed by atoms with Crippen molar-refractivity contribution in [1.29, 1.82) is 0 Å². The zero-order chi connectivity index (χ0) is 19.4. The second-order valence-electron chi connectivity index (χ2n) is 8.82. The predicted molar refractivity (Wildman–Crippen MR) is 113 cm³/mol. The molecule has 2 aromatic heterocycles. The molecule has 0 spiro atoms.